The number of carboxylic acids is 2. The van der Waals surface area contributed by atoms with Crippen LogP contribution < -0.4 is 118 Å². The van der Waals surface area contributed by atoms with Gasteiger partial charge in [-0.3, -0.25) is 69.6 Å². The van der Waals surface area contributed by atoms with Crippen LogP contribution in [0.2, 0.25) is 0 Å². The summed E-state index contributed by atoms with van der Waals surface area (Å²) in [6, 6.07) is 7.19. The van der Waals surface area contributed by atoms with Gasteiger partial charge in [0.05, 0.1) is 26.3 Å². The molecule has 0 saturated heterocycles. The number of ether oxygens (including phenoxy) is 2. The Bertz CT molecular complexity index is 3930. The van der Waals surface area contributed by atoms with Crippen LogP contribution in [0.25, 0.3) is 0 Å². The van der Waals surface area contributed by atoms with Crippen LogP contribution in [0, 0.1) is 33.5 Å². The molecule has 34 N–H and O–H groups in total. The van der Waals surface area contributed by atoms with E-state index in [2.05, 4.69) is 74.4 Å². The number of benzene rings is 4. The molecule has 12 atom stereocenters. The van der Waals surface area contributed by atoms with Crippen LogP contribution in [0.3, 0.4) is 0 Å². The van der Waals surface area contributed by atoms with E-state index in [0.29, 0.717) is 33.8 Å². The van der Waals surface area contributed by atoms with Gasteiger partial charge in [-0.15, -0.1) is 0 Å². The lowest BCUT2D eigenvalue weighted by atomic mass is 10.00. The zero-order valence-electron chi connectivity index (χ0n) is 70.2. The SMILES string of the molecule is COc1ccc(C[C@H](NC(=O)[C@H](CCCNC(=N)N)NC(=O)[C@H](CC(C)C)NC(=O)[C@H](CCCNC(=N)N)NC(=O)[C@H](Cc2ccc(O)cc2)NC(=O)C(N)CSSCC(N)C(=O)N[C@@H](Cc2ccc(O)cc2)C(=O)N[C@@H](CCCNC(=N)N)C(=O)N[C@@H](CC(C)C)C(=O)N[C@@H](CCCNC(=N)N)C(=O)N[C@@H](Cc2ccc(OC)cc2)C(=O)O)C(=O)O)cc1. The highest BCUT2D eigenvalue weighted by Crippen LogP contribution is 2.24. The highest BCUT2D eigenvalue weighted by atomic mass is 33.1. The molecule has 682 valence electrons. The predicted molar refractivity (Wildman–Crippen MR) is 468 cm³/mol. The second-order valence-electron chi connectivity index (χ2n) is 30.1. The van der Waals surface area contributed by atoms with Crippen molar-refractivity contribution in [2.45, 2.75) is 190 Å². The Balaban J connectivity index is 1.55. The second-order valence-corrected chi connectivity index (χ2v) is 32.7. The third-order valence-corrected chi connectivity index (χ3v) is 21.3. The van der Waals surface area contributed by atoms with E-state index in [4.69, 9.17) is 65.5 Å². The molecule has 0 radical (unpaired) electrons. The molecule has 0 heterocycles. The van der Waals surface area contributed by atoms with Gasteiger partial charge in [0.25, 0.3) is 0 Å². The molecule has 0 bridgehead atoms. The molecule has 0 fully saturated rings. The van der Waals surface area contributed by atoms with Crippen LogP contribution in [0.5, 0.6) is 23.0 Å². The molecule has 4 aromatic rings. The molecular formula is C80H122N24O18S2. The maximum Gasteiger partial charge on any atom is 0.326 e. The summed E-state index contributed by atoms with van der Waals surface area (Å²) in [4.78, 5) is 169. The van der Waals surface area contributed by atoms with E-state index >= 15 is 0 Å². The van der Waals surface area contributed by atoms with Gasteiger partial charge in [-0.2, -0.15) is 0 Å². The highest BCUT2D eigenvalue weighted by molar-refractivity contribution is 8.76. The molecule has 0 saturated carbocycles. The number of nitrogens with two attached hydrogens (primary N) is 6. The molecule has 0 aromatic heterocycles. The first kappa shape index (κ1) is 104. The van der Waals surface area contributed by atoms with Gasteiger partial charge in [-0.05, 0) is 147 Å². The number of hydrogen-bond acceptors (Lipinski definition) is 24. The quantitative estimate of drug-likeness (QED) is 0.00947. The summed E-state index contributed by atoms with van der Waals surface area (Å²) in [6.07, 6.45) is -0.833. The molecule has 4 aromatic carbocycles. The van der Waals surface area contributed by atoms with Crippen LogP contribution in [-0.2, 0) is 83.2 Å². The second kappa shape index (κ2) is 54.7. The summed E-state index contributed by atoms with van der Waals surface area (Å²) in [6.45, 7) is 7.28. The molecule has 44 heteroatoms. The average molecular weight is 1770 g/mol. The van der Waals surface area contributed by atoms with Gasteiger partial charge >= 0.3 is 11.9 Å². The largest absolute Gasteiger partial charge is 0.508 e. The van der Waals surface area contributed by atoms with Crippen molar-refractivity contribution in [2.75, 3.05) is 51.9 Å². The number of carbonyl (C=O) groups excluding carboxylic acids is 10. The van der Waals surface area contributed by atoms with Crippen molar-refractivity contribution in [3.05, 3.63) is 119 Å². The van der Waals surface area contributed by atoms with Gasteiger partial charge in [0.15, 0.2) is 23.8 Å². The molecule has 0 aliphatic carbocycles. The maximum absolute atomic E-state index is 14.7. The normalized spacial score (nSPS) is 13.9. The zero-order chi connectivity index (χ0) is 92.1. The topological polar surface area (TPSA) is 724 Å². The van der Waals surface area contributed by atoms with E-state index in [1.54, 1.807) is 76.2 Å². The summed E-state index contributed by atoms with van der Waals surface area (Å²) >= 11 is 0. The molecular weight excluding hydrogens is 1650 g/mol. The van der Waals surface area contributed by atoms with Crippen molar-refractivity contribution in [1.82, 2.24) is 74.4 Å². The minimum atomic E-state index is -1.48. The van der Waals surface area contributed by atoms with Gasteiger partial charge < -0.3 is 139 Å². The van der Waals surface area contributed by atoms with Crippen LogP contribution in [0.4, 0.5) is 0 Å². The Hall–Kier alpha value is -12.6. The summed E-state index contributed by atoms with van der Waals surface area (Å²) in [5.41, 5.74) is 37.0. The summed E-state index contributed by atoms with van der Waals surface area (Å²) in [5.74, 6) is -13.2. The highest BCUT2D eigenvalue weighted by Gasteiger charge is 2.37. The minimum Gasteiger partial charge on any atom is -0.508 e. The minimum absolute atomic E-state index is 0.0216. The Labute approximate surface area is 727 Å². The van der Waals surface area contributed by atoms with Crippen molar-refractivity contribution >= 4 is 116 Å². The molecule has 42 nitrogen and oxygen atoms in total. The smallest absolute Gasteiger partial charge is 0.326 e. The van der Waals surface area contributed by atoms with E-state index in [1.165, 1.54) is 62.8 Å². The lowest BCUT2D eigenvalue weighted by Gasteiger charge is -2.28. The lowest BCUT2D eigenvalue weighted by Crippen LogP contribution is -2.60. The number of carbonyl (C=O) groups is 12. The van der Waals surface area contributed by atoms with Crippen molar-refractivity contribution in [3.63, 3.8) is 0 Å². The summed E-state index contributed by atoms with van der Waals surface area (Å²) < 4.78 is 10.4. The maximum atomic E-state index is 14.7. The molecule has 2 unspecified atom stereocenters. The van der Waals surface area contributed by atoms with E-state index < -0.39 is 155 Å². The molecule has 10 amide bonds. The molecule has 0 aliphatic heterocycles. The number of carboxylic acid groups (broad SMARTS) is 2. The number of guanidine groups is 4. The van der Waals surface area contributed by atoms with E-state index in [9.17, 15) is 78.0 Å². The molecule has 4 rings (SSSR count). The van der Waals surface area contributed by atoms with Crippen molar-refractivity contribution in [3.8, 4) is 23.0 Å². The van der Waals surface area contributed by atoms with Crippen LogP contribution in [0.15, 0.2) is 97.1 Å². The number of phenolic OH excluding ortho intramolecular Hbond substituents is 2. The number of methoxy groups -OCH3 is 2. The van der Waals surface area contributed by atoms with Gasteiger partial charge in [-0.1, -0.05) is 97.8 Å². The summed E-state index contributed by atoms with van der Waals surface area (Å²) in [5, 5.41) is 108. The van der Waals surface area contributed by atoms with Crippen molar-refractivity contribution < 1.29 is 87.4 Å². The van der Waals surface area contributed by atoms with Crippen LogP contribution in [-0.4, -0.2) is 240 Å². The zero-order valence-corrected chi connectivity index (χ0v) is 71.9. The number of aromatic hydroxyl groups is 2. The standard InChI is InChI=1S/C80H122N24O18S2/c1-43(2)35-59(71(113)95-57(13-9-33-93-79(87)88)69(111)103-63(75(117)118)39-47-19-27-51(121-5)28-20-47)101-67(109)55(11-7-31-91-77(83)84)97-73(115)61(37-45-15-23-49(105)24-16-45)99-65(107)53(81)41-123-124-42-54(82)66(108)100-62(38-46-17-25-50(106)26-18-46)74(116)98-56(12-8-32-92-78(85)86)68(110)102-60(36-44(3)4)72(114)96-58(14-10-34-94-80(89)90)70(112)104-64(76(119)120)40-48-21-29-52(122-6)30-22-48/h15-30,43-44,53-64,105-106H,7-14,31-42,81-82H2,1-6H3,(H,95,113)(H,96,114)(H,97,115)(H,98,116)(H,99,107)(H,100,108)(H,101,109)(H,102,110)(H,103,111)(H,104,112)(H,117,118)(H,119,120)(H4,83,84,91)(H4,85,86,92)(H4,87,88,93)(H4,89,90,94)/t53?,54?,55-,56-,57-,58-,59-,60-,61-,62-,63-,64-/m0/s1. The number of aliphatic carboxylic acids is 2. The van der Waals surface area contributed by atoms with E-state index in [-0.39, 0.29) is 163 Å². The van der Waals surface area contributed by atoms with Gasteiger partial charge in [0, 0.05) is 63.4 Å². The molecule has 0 spiro atoms. The Morgan fingerprint density at radius 3 is 0.774 bits per heavy atom. The number of hydrogen-bond donors (Lipinski definition) is 28. The first-order valence-corrected chi connectivity index (χ1v) is 42.6. The van der Waals surface area contributed by atoms with Gasteiger partial charge in [-0.25, -0.2) is 9.59 Å². The van der Waals surface area contributed by atoms with E-state index in [1.807, 2.05) is 0 Å². The average Bonchev–Trinajstić information content (AvgIpc) is 0.855. The third kappa shape index (κ3) is 40.4. The van der Waals surface area contributed by atoms with Crippen LogP contribution >= 0.6 is 21.6 Å². The Morgan fingerprint density at radius 2 is 0.540 bits per heavy atom. The first-order valence-electron chi connectivity index (χ1n) is 40.1. The predicted octanol–water partition coefficient (Wildman–Crippen LogP) is -2.42. The Morgan fingerprint density at radius 1 is 0.331 bits per heavy atom. The fourth-order valence-corrected chi connectivity index (χ4v) is 14.5. The van der Waals surface area contributed by atoms with Gasteiger partial charge in [0.1, 0.15) is 83.4 Å². The monoisotopic (exact) mass is 1770 g/mol. The number of phenols is 2. The lowest BCUT2D eigenvalue weighted by molar-refractivity contribution is -0.142. The van der Waals surface area contributed by atoms with E-state index in [0.717, 1.165) is 21.6 Å². The molecule has 0 aliphatic rings. The number of rotatable bonds is 57. The fraction of sp³-hybridized carbons (Fsp3) is 0.500. The third-order valence-electron chi connectivity index (χ3n) is 18.8. The fourth-order valence-electron chi connectivity index (χ4n) is 12.3. The summed E-state index contributed by atoms with van der Waals surface area (Å²) in [7, 11) is 4.95. The van der Waals surface area contributed by atoms with Crippen LogP contribution in [0.1, 0.15) is 114 Å². The first-order chi connectivity index (χ1) is 58.7. The van der Waals surface area contributed by atoms with Gasteiger partial charge in [0.2, 0.25) is 59.1 Å². The number of amides is 10. The molecule has 124 heavy (non-hydrogen) atoms. The van der Waals surface area contributed by atoms with Crippen molar-refractivity contribution in [1.29, 1.82) is 21.6 Å². The number of nitrogens with one attached hydrogen (secondary N) is 18. The van der Waals surface area contributed by atoms with Crippen molar-refractivity contribution in [2.24, 2.45) is 46.2 Å². The Kier molecular flexibility index (Phi) is 45.8.